The number of fused-ring (bicyclic) bond motifs is 7. The summed E-state index contributed by atoms with van der Waals surface area (Å²) in [5.74, 6) is -4.47. The molecular weight excluding hydrogens is 806 g/mol. The number of aliphatic carboxylic acids is 3. The van der Waals surface area contributed by atoms with Gasteiger partial charge in [-0.15, -0.1) is 0 Å². The summed E-state index contributed by atoms with van der Waals surface area (Å²) in [6, 6.07) is 0. The quantitative estimate of drug-likeness (QED) is 0.133. The van der Waals surface area contributed by atoms with E-state index in [-0.39, 0.29) is 93.5 Å². The van der Waals surface area contributed by atoms with Crippen LogP contribution in [0.4, 0.5) is 0 Å². The van der Waals surface area contributed by atoms with Crippen LogP contribution in [-0.2, 0) is 38.1 Å². The molecule has 0 aromatic rings. The molecule has 0 spiro atoms. The van der Waals surface area contributed by atoms with Crippen LogP contribution in [0.3, 0.4) is 0 Å². The minimum absolute atomic E-state index is 0. The van der Waals surface area contributed by atoms with Crippen molar-refractivity contribution >= 4 is 82.8 Å². The maximum atomic E-state index is 14.8. The number of ketones is 1. The van der Waals surface area contributed by atoms with Crippen molar-refractivity contribution in [2.75, 3.05) is 0 Å². The molecule has 0 aromatic carbocycles. The molecule has 18 heteroatoms. The number of carbonyl (C=O) groups is 4. The first-order chi connectivity index (χ1) is 26.8. The Kier molecular flexibility index (Phi) is 14.3. The van der Waals surface area contributed by atoms with E-state index in [0.717, 1.165) is 37.7 Å². The van der Waals surface area contributed by atoms with Crippen LogP contribution >= 0.6 is 0 Å². The second kappa shape index (κ2) is 17.0. The number of carboxylic acids is 3. The number of hydrogen-bond acceptors (Lipinski definition) is 13. The Balaban J connectivity index is 0.00000341. The Bertz CT molecular complexity index is 1740. The zero-order valence-electron chi connectivity index (χ0n) is 36.4. The van der Waals surface area contributed by atoms with E-state index in [4.69, 9.17) is 18.9 Å². The Hall–Kier alpha value is -0.540. The first-order valence-electron chi connectivity index (χ1n) is 20.7. The number of aliphatic hydroxyl groups excluding tert-OH is 5. The third-order valence-electron chi connectivity index (χ3n) is 17.2. The van der Waals surface area contributed by atoms with Crippen molar-refractivity contribution in [1.82, 2.24) is 0 Å². The van der Waals surface area contributed by atoms with E-state index in [1.807, 2.05) is 26.8 Å². The van der Waals surface area contributed by atoms with Gasteiger partial charge in [-0.3, -0.25) is 9.59 Å². The van der Waals surface area contributed by atoms with E-state index in [9.17, 15) is 60.0 Å². The van der Waals surface area contributed by atoms with Gasteiger partial charge in [0.15, 0.2) is 30.6 Å². The first-order valence-corrected chi connectivity index (χ1v) is 20.7. The van der Waals surface area contributed by atoms with E-state index in [1.54, 1.807) is 0 Å². The summed E-state index contributed by atoms with van der Waals surface area (Å²) >= 11 is 0. The fourth-order valence-electron chi connectivity index (χ4n) is 13.4. The van der Waals surface area contributed by atoms with E-state index in [1.165, 1.54) is 0 Å². The molecule has 0 amide bonds. The van der Waals surface area contributed by atoms with Gasteiger partial charge in [-0.1, -0.05) is 47.1 Å². The van der Waals surface area contributed by atoms with E-state index < -0.39 is 107 Å². The van der Waals surface area contributed by atoms with Crippen molar-refractivity contribution in [3.05, 3.63) is 11.6 Å². The molecule has 0 aromatic heterocycles. The number of carboxylic acid groups (broad SMARTS) is 3. The van der Waals surface area contributed by atoms with Crippen molar-refractivity contribution < 1.29 is 79.0 Å². The van der Waals surface area contributed by atoms with E-state index >= 15 is 0 Å². The molecule has 2 heterocycles. The van der Waals surface area contributed by atoms with Crippen LogP contribution in [0.15, 0.2) is 11.6 Å². The van der Waals surface area contributed by atoms with Crippen LogP contribution in [0.1, 0.15) is 106 Å². The Labute approximate surface area is 394 Å². The van der Waals surface area contributed by atoms with Gasteiger partial charge in [0.05, 0.1) is 11.5 Å². The van der Waals surface area contributed by atoms with Crippen LogP contribution in [0.25, 0.3) is 0 Å². The van der Waals surface area contributed by atoms with Crippen molar-refractivity contribution in [3.8, 4) is 0 Å². The molecule has 4 saturated carbocycles. The molecule has 8 N–H and O–H groups in total. The summed E-state index contributed by atoms with van der Waals surface area (Å²) in [5.41, 5.74) is -1.81. The normalized spacial score (nSPS) is 50.8. The van der Waals surface area contributed by atoms with Crippen molar-refractivity contribution in [3.63, 3.8) is 0 Å². The summed E-state index contributed by atoms with van der Waals surface area (Å²) in [6.45, 7) is 14.8. The fourth-order valence-corrected chi connectivity index (χ4v) is 13.4. The van der Waals surface area contributed by atoms with Crippen LogP contribution in [0.5, 0.6) is 0 Å². The van der Waals surface area contributed by atoms with Crippen LogP contribution < -0.4 is 0 Å². The van der Waals surface area contributed by atoms with Crippen molar-refractivity contribution in [2.24, 2.45) is 50.2 Å². The zero-order chi connectivity index (χ0) is 42.9. The van der Waals surface area contributed by atoms with Gasteiger partial charge in [-0.2, -0.15) is 0 Å². The predicted octanol–water partition coefficient (Wildman–Crippen LogP) is 1.48. The Morgan fingerprint density at radius 2 is 1.25 bits per heavy atom. The van der Waals surface area contributed by atoms with Gasteiger partial charge in [0.2, 0.25) is 0 Å². The fraction of sp³-hybridized carbons (Fsp3) is 0.857. The molecule has 5 aliphatic carbocycles. The number of carbonyl (C=O) groups excluding carboxylic acids is 1. The molecule has 2 radical (unpaired) electrons. The van der Waals surface area contributed by atoms with Crippen LogP contribution in [0.2, 0.25) is 0 Å². The average molecular weight is 869 g/mol. The summed E-state index contributed by atoms with van der Waals surface area (Å²) in [7, 11) is 0. The molecule has 328 valence electrons. The number of rotatable bonds is 7. The number of aliphatic hydroxyl groups is 5. The summed E-state index contributed by atoms with van der Waals surface area (Å²) in [5, 5.41) is 83.0. The molecule has 16 nitrogen and oxygen atoms in total. The van der Waals surface area contributed by atoms with E-state index in [0.29, 0.717) is 25.7 Å². The third kappa shape index (κ3) is 7.58. The predicted molar refractivity (Wildman–Crippen MR) is 211 cm³/mol. The summed E-state index contributed by atoms with van der Waals surface area (Å²) < 4.78 is 23.4. The van der Waals surface area contributed by atoms with Crippen LogP contribution in [0, 0.1) is 50.2 Å². The SMILES string of the molecule is CC1(C)[C@@H](O[C@H]2O[C@H](C(=O)O)[C@@H](O)[C@H](O)[C@H]2O[C@@H]2O[C@H](C(=O)O)[C@@H](O)[C@H](O)[C@H]2O)CC[C@]2(C)[C@H]3C(=O)C=C4[C@@H]5C[C@@](C)(C(=O)O)CC[C@]5(C)CC[C@@]4(C)[C@]3(C)CC[C@@H]12.[Na].[Na]. The summed E-state index contributed by atoms with van der Waals surface area (Å²) in [4.78, 5) is 51.3. The third-order valence-corrected chi connectivity index (χ3v) is 17.2. The van der Waals surface area contributed by atoms with Crippen LogP contribution in [-0.4, -0.2) is 191 Å². The van der Waals surface area contributed by atoms with Gasteiger partial charge in [0, 0.05) is 65.0 Å². The standard InChI is InChI=1S/C42H62O16.2Na/c1-37(2)21-8-11-42(7)31(20(43)16-18-19-17-39(4,36(53)54)13-12-38(19,3)14-15-41(18,42)6)40(21,5)10-9-22(37)55-35-30(26(47)25(46)29(57-35)33(51)52)58-34-27(48)23(44)24(45)28(56-34)32(49)50;;/h16,19,21-31,34-35,44-48H,8-15,17H2,1-7H3,(H,49,50)(H,51,52)(H,53,54);;/t19-,21-,22-,23-,24-,25-,26-,27+,28-,29-,30+,31+,34-,35-,38+,39-,40-,41+,42+;;/m0../s1. The Morgan fingerprint density at radius 1 is 0.683 bits per heavy atom. The molecule has 60 heavy (non-hydrogen) atoms. The molecule has 2 saturated heterocycles. The second-order valence-corrected chi connectivity index (χ2v) is 20.6. The maximum absolute atomic E-state index is 14.8. The number of ether oxygens (including phenoxy) is 4. The first kappa shape index (κ1) is 50.5. The van der Waals surface area contributed by atoms with Crippen molar-refractivity contribution in [1.29, 1.82) is 0 Å². The molecule has 0 unspecified atom stereocenters. The van der Waals surface area contributed by atoms with Crippen molar-refractivity contribution in [2.45, 2.75) is 174 Å². The zero-order valence-corrected chi connectivity index (χ0v) is 40.4. The smallest absolute Gasteiger partial charge is 0.335 e. The molecule has 7 aliphatic rings. The largest absolute Gasteiger partial charge is 0.481 e. The van der Waals surface area contributed by atoms with Gasteiger partial charge in [0.25, 0.3) is 0 Å². The van der Waals surface area contributed by atoms with Gasteiger partial charge in [0.1, 0.15) is 36.6 Å². The summed E-state index contributed by atoms with van der Waals surface area (Å²) in [6.07, 6.45) is -12.2. The molecule has 0 bridgehead atoms. The van der Waals surface area contributed by atoms with Gasteiger partial charge >= 0.3 is 17.9 Å². The van der Waals surface area contributed by atoms with Gasteiger partial charge in [-0.25, -0.2) is 9.59 Å². The molecule has 6 fully saturated rings. The topological polar surface area (TPSA) is 267 Å². The van der Waals surface area contributed by atoms with E-state index in [2.05, 4.69) is 27.7 Å². The molecule has 7 rings (SSSR count). The number of hydrogen-bond donors (Lipinski definition) is 8. The molecule has 2 aliphatic heterocycles. The molecular formula is C42H62Na2O16. The minimum Gasteiger partial charge on any atom is -0.481 e. The Morgan fingerprint density at radius 3 is 1.83 bits per heavy atom. The van der Waals surface area contributed by atoms with Gasteiger partial charge < -0.3 is 59.8 Å². The maximum Gasteiger partial charge on any atom is 0.335 e. The monoisotopic (exact) mass is 868 g/mol. The number of allylic oxidation sites excluding steroid dienone is 2. The second-order valence-electron chi connectivity index (χ2n) is 20.6. The average Bonchev–Trinajstić information content (AvgIpc) is 3.13. The van der Waals surface area contributed by atoms with Gasteiger partial charge in [-0.05, 0) is 110 Å². The minimum atomic E-state index is -2.05. The molecule has 19 atom stereocenters.